The molecule has 1 aliphatic rings. The van der Waals surface area contributed by atoms with Gasteiger partial charge in [0, 0.05) is 12.1 Å². The summed E-state index contributed by atoms with van der Waals surface area (Å²) in [5.74, 6) is -0.284. The van der Waals surface area contributed by atoms with Crippen molar-refractivity contribution in [1.82, 2.24) is 4.72 Å². The second kappa shape index (κ2) is 4.43. The number of nitrogens with one attached hydrogen (secondary N) is 1. The molecule has 3 rings (SSSR count). The Hall–Kier alpha value is -1.72. The molecule has 0 aliphatic carbocycles. The Kier molecular flexibility index (Phi) is 2.88. The summed E-state index contributed by atoms with van der Waals surface area (Å²) in [6, 6.07) is 13.5. The molecule has 0 saturated carbocycles. The molecule has 1 unspecified atom stereocenters. The molecule has 1 saturated heterocycles. The molecule has 19 heavy (non-hydrogen) atoms. The smallest absolute Gasteiger partial charge is 0.213 e. The molecular formula is C14H12FNO2S. The Morgan fingerprint density at radius 1 is 1.05 bits per heavy atom. The average Bonchev–Trinajstić information content (AvgIpc) is 2.39. The SMILES string of the molecule is O=S1(=O)NCC1c1ccc(-c2ccccc2F)cc1. The highest BCUT2D eigenvalue weighted by Gasteiger charge is 2.36. The third-order valence-electron chi connectivity index (χ3n) is 3.31. The molecule has 0 amide bonds. The Labute approximate surface area is 111 Å². The van der Waals surface area contributed by atoms with Crippen molar-refractivity contribution in [3.63, 3.8) is 0 Å². The highest BCUT2D eigenvalue weighted by molar-refractivity contribution is 7.91. The number of halogens is 1. The first-order valence-electron chi connectivity index (χ1n) is 5.91. The fraction of sp³-hybridized carbons (Fsp3) is 0.143. The predicted molar refractivity (Wildman–Crippen MR) is 71.5 cm³/mol. The van der Waals surface area contributed by atoms with Gasteiger partial charge >= 0.3 is 0 Å². The third-order valence-corrected chi connectivity index (χ3v) is 5.07. The molecule has 0 spiro atoms. The fourth-order valence-corrected chi connectivity index (χ4v) is 3.29. The summed E-state index contributed by atoms with van der Waals surface area (Å²) >= 11 is 0. The van der Waals surface area contributed by atoms with Crippen molar-refractivity contribution in [3.8, 4) is 11.1 Å². The van der Waals surface area contributed by atoms with Gasteiger partial charge in [-0.1, -0.05) is 42.5 Å². The first kappa shape index (κ1) is 12.3. The first-order valence-corrected chi connectivity index (χ1v) is 7.46. The predicted octanol–water partition coefficient (Wildman–Crippen LogP) is 2.47. The van der Waals surface area contributed by atoms with Gasteiger partial charge in [0.2, 0.25) is 10.0 Å². The van der Waals surface area contributed by atoms with E-state index >= 15 is 0 Å². The van der Waals surface area contributed by atoms with E-state index in [1.165, 1.54) is 6.07 Å². The molecule has 1 fully saturated rings. The van der Waals surface area contributed by atoms with Gasteiger partial charge in [-0.05, 0) is 17.2 Å². The molecule has 1 N–H and O–H groups in total. The van der Waals surface area contributed by atoms with Crippen LogP contribution in [0.15, 0.2) is 48.5 Å². The summed E-state index contributed by atoms with van der Waals surface area (Å²) in [7, 11) is -3.19. The first-order chi connectivity index (χ1) is 9.08. The maximum absolute atomic E-state index is 13.6. The van der Waals surface area contributed by atoms with Crippen molar-refractivity contribution in [2.75, 3.05) is 6.54 Å². The van der Waals surface area contributed by atoms with Crippen molar-refractivity contribution >= 4 is 10.0 Å². The molecule has 1 atom stereocenters. The topological polar surface area (TPSA) is 46.2 Å². The molecule has 3 nitrogen and oxygen atoms in total. The van der Waals surface area contributed by atoms with Crippen LogP contribution in [0.5, 0.6) is 0 Å². The maximum Gasteiger partial charge on any atom is 0.220 e. The summed E-state index contributed by atoms with van der Waals surface area (Å²) in [6.45, 7) is 0.432. The van der Waals surface area contributed by atoms with Gasteiger partial charge < -0.3 is 0 Å². The van der Waals surface area contributed by atoms with Crippen molar-refractivity contribution in [1.29, 1.82) is 0 Å². The number of hydrogen-bond donors (Lipinski definition) is 1. The average molecular weight is 277 g/mol. The highest BCUT2D eigenvalue weighted by atomic mass is 32.2. The van der Waals surface area contributed by atoms with Crippen LogP contribution < -0.4 is 4.72 Å². The molecule has 98 valence electrons. The van der Waals surface area contributed by atoms with Gasteiger partial charge in [0.15, 0.2) is 0 Å². The summed E-state index contributed by atoms with van der Waals surface area (Å²) in [6.07, 6.45) is 0. The lowest BCUT2D eigenvalue weighted by Crippen LogP contribution is -2.45. The zero-order valence-corrected chi connectivity index (χ0v) is 10.8. The van der Waals surface area contributed by atoms with Crippen LogP contribution in [0.1, 0.15) is 10.8 Å². The van der Waals surface area contributed by atoms with E-state index in [1.807, 2.05) is 0 Å². The lowest BCUT2D eigenvalue weighted by molar-refractivity contribution is 0.536. The van der Waals surface area contributed by atoms with Gasteiger partial charge in [0.05, 0.1) is 0 Å². The fourth-order valence-electron chi connectivity index (χ4n) is 2.17. The van der Waals surface area contributed by atoms with Crippen molar-refractivity contribution in [3.05, 3.63) is 59.9 Å². The summed E-state index contributed by atoms with van der Waals surface area (Å²) in [5.41, 5.74) is 1.99. The van der Waals surface area contributed by atoms with Gasteiger partial charge in [0.1, 0.15) is 11.1 Å². The minimum absolute atomic E-state index is 0.284. The van der Waals surface area contributed by atoms with E-state index in [0.717, 1.165) is 11.1 Å². The van der Waals surface area contributed by atoms with Crippen LogP contribution in [-0.2, 0) is 10.0 Å². The largest absolute Gasteiger partial charge is 0.220 e. The van der Waals surface area contributed by atoms with E-state index in [2.05, 4.69) is 4.72 Å². The van der Waals surface area contributed by atoms with Crippen LogP contribution in [0.4, 0.5) is 4.39 Å². The molecule has 1 heterocycles. The normalized spacial score (nSPS) is 20.8. The molecule has 0 bridgehead atoms. The van der Waals surface area contributed by atoms with Crippen LogP contribution in [0, 0.1) is 5.82 Å². The van der Waals surface area contributed by atoms with Crippen LogP contribution in [0.3, 0.4) is 0 Å². The number of benzene rings is 2. The van der Waals surface area contributed by atoms with Crippen molar-refractivity contribution in [2.45, 2.75) is 5.25 Å². The monoisotopic (exact) mass is 277 g/mol. The zero-order valence-electron chi connectivity index (χ0n) is 10.0. The van der Waals surface area contributed by atoms with Gasteiger partial charge in [-0.3, -0.25) is 0 Å². The van der Waals surface area contributed by atoms with Gasteiger partial charge in [-0.15, -0.1) is 0 Å². The molecule has 2 aromatic carbocycles. The van der Waals surface area contributed by atoms with Crippen molar-refractivity contribution < 1.29 is 12.8 Å². The van der Waals surface area contributed by atoms with E-state index in [4.69, 9.17) is 0 Å². The van der Waals surface area contributed by atoms with Crippen LogP contribution in [0.25, 0.3) is 11.1 Å². The van der Waals surface area contributed by atoms with Crippen LogP contribution >= 0.6 is 0 Å². The Bertz CT molecular complexity index is 710. The molecule has 2 aromatic rings. The standard InChI is InChI=1S/C14H12FNO2S/c15-13-4-2-1-3-12(13)10-5-7-11(8-6-10)14-9-16-19(14,17)18/h1-8,14,16H,9H2. The minimum Gasteiger partial charge on any atom is -0.213 e. The van der Waals surface area contributed by atoms with Gasteiger partial charge in [0.25, 0.3) is 0 Å². The zero-order chi connectivity index (χ0) is 13.5. The summed E-state index contributed by atoms with van der Waals surface area (Å²) in [5, 5.41) is -0.484. The number of sulfonamides is 1. The van der Waals surface area contributed by atoms with Gasteiger partial charge in [-0.25, -0.2) is 17.5 Å². The van der Waals surface area contributed by atoms with Crippen molar-refractivity contribution in [2.24, 2.45) is 0 Å². The lowest BCUT2D eigenvalue weighted by atomic mass is 10.0. The minimum atomic E-state index is -3.19. The molecule has 0 aromatic heterocycles. The number of rotatable bonds is 2. The Morgan fingerprint density at radius 2 is 1.74 bits per heavy atom. The Balaban J connectivity index is 1.94. The second-order valence-corrected chi connectivity index (χ2v) is 6.43. The number of hydrogen-bond acceptors (Lipinski definition) is 2. The molecule has 5 heteroatoms. The van der Waals surface area contributed by atoms with Gasteiger partial charge in [-0.2, -0.15) is 0 Å². The van der Waals surface area contributed by atoms with E-state index in [-0.39, 0.29) is 5.82 Å². The third kappa shape index (κ3) is 2.15. The van der Waals surface area contributed by atoms with E-state index in [9.17, 15) is 12.8 Å². The lowest BCUT2D eigenvalue weighted by Gasteiger charge is -2.27. The Morgan fingerprint density at radius 3 is 2.26 bits per heavy atom. The highest BCUT2D eigenvalue weighted by Crippen LogP contribution is 2.30. The van der Waals surface area contributed by atoms with Crippen LogP contribution in [0.2, 0.25) is 0 Å². The van der Waals surface area contributed by atoms with E-state index in [1.54, 1.807) is 42.5 Å². The van der Waals surface area contributed by atoms with E-state index in [0.29, 0.717) is 12.1 Å². The quantitative estimate of drug-likeness (QED) is 0.916. The molecular weight excluding hydrogens is 265 g/mol. The molecule has 1 aliphatic heterocycles. The summed E-state index contributed by atoms with van der Waals surface area (Å²) in [4.78, 5) is 0. The van der Waals surface area contributed by atoms with Crippen LogP contribution in [-0.4, -0.2) is 15.0 Å². The van der Waals surface area contributed by atoms with E-state index < -0.39 is 15.3 Å². The maximum atomic E-state index is 13.6. The second-order valence-electron chi connectivity index (χ2n) is 4.48. The summed E-state index contributed by atoms with van der Waals surface area (Å²) < 4.78 is 38.9. The molecule has 0 radical (unpaired) electrons.